The van der Waals surface area contributed by atoms with Crippen molar-refractivity contribution in [3.63, 3.8) is 0 Å². The monoisotopic (exact) mass is 462 g/mol. The number of carbonyl (C=O) groups excluding carboxylic acids is 1. The Labute approximate surface area is 189 Å². The van der Waals surface area contributed by atoms with Crippen LogP contribution >= 0.6 is 0 Å². The van der Waals surface area contributed by atoms with Gasteiger partial charge in [0.2, 0.25) is 15.9 Å². The average molecular weight is 463 g/mol. The molecule has 1 saturated heterocycles. The minimum absolute atomic E-state index is 0.0332. The molecule has 0 saturated carbocycles. The Hall–Kier alpha value is -2.45. The van der Waals surface area contributed by atoms with Gasteiger partial charge in [-0.2, -0.15) is 4.31 Å². The normalized spacial score (nSPS) is 17.7. The number of benzene rings is 2. The lowest BCUT2D eigenvalue weighted by Gasteiger charge is -2.31. The fraction of sp³-hybridized carbons (Fsp3) is 0.458. The van der Waals surface area contributed by atoms with E-state index in [-0.39, 0.29) is 22.8 Å². The lowest BCUT2D eigenvalue weighted by atomic mass is 9.87. The highest BCUT2D eigenvalue weighted by atomic mass is 32.2. The molecular formula is C24H31FN2O4S. The van der Waals surface area contributed by atoms with Gasteiger partial charge in [0.25, 0.3) is 0 Å². The van der Waals surface area contributed by atoms with Crippen molar-refractivity contribution in [1.29, 1.82) is 0 Å². The van der Waals surface area contributed by atoms with Crippen LogP contribution in [0.2, 0.25) is 0 Å². The SMILES string of the molecule is CC(C)(C)c1ccc(OCCNC(=O)C2CCCN(S(=O)(=O)c3ccc(F)cc3)C2)cc1. The van der Waals surface area contributed by atoms with Gasteiger partial charge in [-0.25, -0.2) is 12.8 Å². The van der Waals surface area contributed by atoms with Gasteiger partial charge in [0.1, 0.15) is 18.2 Å². The highest BCUT2D eigenvalue weighted by molar-refractivity contribution is 7.89. The second-order valence-electron chi connectivity index (χ2n) is 9.07. The van der Waals surface area contributed by atoms with Gasteiger partial charge in [-0.1, -0.05) is 32.9 Å². The van der Waals surface area contributed by atoms with Gasteiger partial charge in [0, 0.05) is 13.1 Å². The number of nitrogens with one attached hydrogen (secondary N) is 1. The van der Waals surface area contributed by atoms with Gasteiger partial charge in [-0.3, -0.25) is 4.79 Å². The van der Waals surface area contributed by atoms with Gasteiger partial charge >= 0.3 is 0 Å². The lowest BCUT2D eigenvalue weighted by molar-refractivity contribution is -0.126. The zero-order valence-electron chi connectivity index (χ0n) is 18.8. The van der Waals surface area contributed by atoms with E-state index in [0.29, 0.717) is 32.5 Å². The molecule has 1 N–H and O–H groups in total. The van der Waals surface area contributed by atoms with Crippen LogP contribution in [0, 0.1) is 11.7 Å². The number of halogens is 1. The summed E-state index contributed by atoms with van der Waals surface area (Å²) < 4.78 is 45.8. The molecule has 1 amide bonds. The lowest BCUT2D eigenvalue weighted by Crippen LogP contribution is -2.45. The average Bonchev–Trinajstić information content (AvgIpc) is 2.76. The van der Waals surface area contributed by atoms with Crippen LogP contribution in [-0.4, -0.2) is 44.9 Å². The zero-order chi connectivity index (χ0) is 23.4. The van der Waals surface area contributed by atoms with E-state index in [2.05, 4.69) is 26.1 Å². The Morgan fingerprint density at radius 1 is 1.12 bits per heavy atom. The first-order valence-corrected chi connectivity index (χ1v) is 12.3. The number of carbonyl (C=O) groups is 1. The maximum absolute atomic E-state index is 13.1. The number of sulfonamides is 1. The first-order chi connectivity index (χ1) is 15.1. The second kappa shape index (κ2) is 10.0. The molecule has 0 aliphatic carbocycles. The molecule has 174 valence electrons. The van der Waals surface area contributed by atoms with Crippen LogP contribution in [0.4, 0.5) is 4.39 Å². The van der Waals surface area contributed by atoms with E-state index in [1.807, 2.05) is 24.3 Å². The van der Waals surface area contributed by atoms with Crippen molar-refractivity contribution in [3.05, 3.63) is 59.9 Å². The largest absolute Gasteiger partial charge is 0.492 e. The van der Waals surface area contributed by atoms with Crippen LogP contribution in [0.1, 0.15) is 39.2 Å². The number of hydrogen-bond donors (Lipinski definition) is 1. The number of hydrogen-bond acceptors (Lipinski definition) is 4. The summed E-state index contributed by atoms with van der Waals surface area (Å²) in [6.07, 6.45) is 1.21. The molecule has 6 nitrogen and oxygen atoms in total. The number of nitrogens with zero attached hydrogens (tertiary/aromatic N) is 1. The second-order valence-corrected chi connectivity index (χ2v) is 11.0. The van der Waals surface area contributed by atoms with E-state index in [4.69, 9.17) is 4.74 Å². The molecular weight excluding hydrogens is 431 g/mol. The van der Waals surface area contributed by atoms with Crippen molar-refractivity contribution in [1.82, 2.24) is 9.62 Å². The van der Waals surface area contributed by atoms with E-state index < -0.39 is 21.8 Å². The summed E-state index contributed by atoms with van der Waals surface area (Å²) in [5, 5.41) is 2.84. The minimum atomic E-state index is -3.76. The third-order valence-corrected chi connectivity index (χ3v) is 7.48. The Morgan fingerprint density at radius 3 is 2.41 bits per heavy atom. The fourth-order valence-corrected chi connectivity index (χ4v) is 5.19. The predicted octanol–water partition coefficient (Wildman–Crippen LogP) is 3.72. The molecule has 1 aliphatic heterocycles. The van der Waals surface area contributed by atoms with Crippen molar-refractivity contribution in [2.75, 3.05) is 26.2 Å². The molecule has 1 atom stereocenters. The fourth-order valence-electron chi connectivity index (χ4n) is 3.67. The van der Waals surface area contributed by atoms with Crippen LogP contribution in [0.15, 0.2) is 53.4 Å². The molecule has 0 bridgehead atoms. The maximum Gasteiger partial charge on any atom is 0.243 e. The van der Waals surface area contributed by atoms with E-state index in [9.17, 15) is 17.6 Å². The van der Waals surface area contributed by atoms with Gasteiger partial charge < -0.3 is 10.1 Å². The molecule has 0 spiro atoms. The van der Waals surface area contributed by atoms with Crippen LogP contribution in [-0.2, 0) is 20.2 Å². The smallest absolute Gasteiger partial charge is 0.243 e. The summed E-state index contributed by atoms with van der Waals surface area (Å²) in [5.41, 5.74) is 1.29. The van der Waals surface area contributed by atoms with Crippen LogP contribution < -0.4 is 10.1 Å². The molecule has 8 heteroatoms. The van der Waals surface area contributed by atoms with Crippen LogP contribution in [0.25, 0.3) is 0 Å². The topological polar surface area (TPSA) is 75.7 Å². The summed E-state index contributed by atoms with van der Waals surface area (Å²) in [6.45, 7) is 7.56. The number of amides is 1. The maximum atomic E-state index is 13.1. The molecule has 1 fully saturated rings. The quantitative estimate of drug-likeness (QED) is 0.637. The van der Waals surface area contributed by atoms with E-state index in [1.165, 1.54) is 22.0 Å². The molecule has 1 heterocycles. The van der Waals surface area contributed by atoms with Gasteiger partial charge in [0.05, 0.1) is 17.4 Å². The summed E-state index contributed by atoms with van der Waals surface area (Å²) in [6, 6.07) is 12.6. The molecule has 1 unspecified atom stereocenters. The van der Waals surface area contributed by atoms with E-state index >= 15 is 0 Å². The molecule has 0 aromatic heterocycles. The number of piperidine rings is 1. The first kappa shape index (κ1) is 24.2. The molecule has 2 aromatic rings. The molecule has 2 aromatic carbocycles. The highest BCUT2D eigenvalue weighted by Crippen LogP contribution is 2.25. The van der Waals surface area contributed by atoms with Gasteiger partial charge in [-0.15, -0.1) is 0 Å². The number of ether oxygens (including phenoxy) is 1. The molecule has 32 heavy (non-hydrogen) atoms. The summed E-state index contributed by atoms with van der Waals surface area (Å²) in [4.78, 5) is 12.6. The van der Waals surface area contributed by atoms with Crippen LogP contribution in [0.5, 0.6) is 5.75 Å². The van der Waals surface area contributed by atoms with Crippen molar-refractivity contribution >= 4 is 15.9 Å². The zero-order valence-corrected chi connectivity index (χ0v) is 19.6. The minimum Gasteiger partial charge on any atom is -0.492 e. The summed E-state index contributed by atoms with van der Waals surface area (Å²) in [5.74, 6) is -0.366. The Kier molecular flexibility index (Phi) is 7.56. The molecule has 1 aliphatic rings. The Bertz CT molecular complexity index is 1020. The van der Waals surface area contributed by atoms with Crippen molar-refractivity contribution in [3.8, 4) is 5.75 Å². The van der Waals surface area contributed by atoms with Crippen molar-refractivity contribution < 1.29 is 22.3 Å². The third kappa shape index (κ3) is 6.07. The standard InChI is InChI=1S/C24H31FN2O4S/c1-24(2,3)19-6-10-21(11-7-19)31-16-14-26-23(28)18-5-4-15-27(17-18)32(29,30)22-12-8-20(25)9-13-22/h6-13,18H,4-5,14-17H2,1-3H3,(H,26,28). The number of rotatable bonds is 7. The van der Waals surface area contributed by atoms with Gasteiger partial charge in [0.15, 0.2) is 0 Å². The molecule has 0 radical (unpaired) electrons. The van der Waals surface area contributed by atoms with Crippen molar-refractivity contribution in [2.45, 2.75) is 43.9 Å². The van der Waals surface area contributed by atoms with Crippen LogP contribution in [0.3, 0.4) is 0 Å². The van der Waals surface area contributed by atoms with Crippen molar-refractivity contribution in [2.24, 2.45) is 5.92 Å². The Morgan fingerprint density at radius 2 is 1.78 bits per heavy atom. The first-order valence-electron chi connectivity index (χ1n) is 10.8. The highest BCUT2D eigenvalue weighted by Gasteiger charge is 2.33. The van der Waals surface area contributed by atoms with E-state index in [0.717, 1.165) is 17.9 Å². The molecule has 3 rings (SSSR count). The van der Waals surface area contributed by atoms with Gasteiger partial charge in [-0.05, 0) is 60.2 Å². The van der Waals surface area contributed by atoms with E-state index in [1.54, 1.807) is 0 Å². The third-order valence-electron chi connectivity index (χ3n) is 5.60. The Balaban J connectivity index is 1.48. The summed E-state index contributed by atoms with van der Waals surface area (Å²) in [7, 11) is -3.76. The summed E-state index contributed by atoms with van der Waals surface area (Å²) >= 11 is 0. The predicted molar refractivity (Wildman–Crippen MR) is 122 cm³/mol.